The van der Waals surface area contributed by atoms with E-state index in [0.29, 0.717) is 31.7 Å². The number of hydrogen-bond donors (Lipinski definition) is 5. The highest BCUT2D eigenvalue weighted by molar-refractivity contribution is 5.99. The second-order valence-electron chi connectivity index (χ2n) is 9.02. The SMILES string of the molecule is NCCN(CCN)C(=O)CC(N)C(=O)NC(CCc1ccccc1)C(=O)Nc1nccc2c1C=CCC2. The van der Waals surface area contributed by atoms with Gasteiger partial charge in [-0.25, -0.2) is 4.98 Å². The van der Waals surface area contributed by atoms with Gasteiger partial charge in [0.1, 0.15) is 11.9 Å². The molecular weight excluding hydrogens is 470 g/mol. The molecule has 1 aromatic carbocycles. The first kappa shape index (κ1) is 28.0. The third-order valence-electron chi connectivity index (χ3n) is 6.27. The number of carbonyl (C=O) groups is 3. The Bertz CT molecular complexity index is 1080. The van der Waals surface area contributed by atoms with Gasteiger partial charge in [0, 0.05) is 37.9 Å². The number of fused-ring (bicyclic) bond motifs is 1. The predicted molar refractivity (Wildman–Crippen MR) is 144 cm³/mol. The Balaban J connectivity index is 1.71. The maximum absolute atomic E-state index is 13.3. The lowest BCUT2D eigenvalue weighted by Crippen LogP contribution is -2.52. The second kappa shape index (κ2) is 14.2. The van der Waals surface area contributed by atoms with Gasteiger partial charge in [-0.05, 0) is 42.9 Å². The first-order chi connectivity index (χ1) is 17.9. The van der Waals surface area contributed by atoms with Crippen LogP contribution in [0.3, 0.4) is 0 Å². The van der Waals surface area contributed by atoms with E-state index in [1.807, 2.05) is 48.6 Å². The molecule has 8 N–H and O–H groups in total. The monoisotopic (exact) mass is 507 g/mol. The Morgan fingerprint density at radius 1 is 1.03 bits per heavy atom. The number of hydrogen-bond acceptors (Lipinski definition) is 7. The van der Waals surface area contributed by atoms with Crippen molar-refractivity contribution in [2.24, 2.45) is 17.2 Å². The number of pyridine rings is 1. The molecule has 0 fully saturated rings. The van der Waals surface area contributed by atoms with Gasteiger partial charge in [0.15, 0.2) is 0 Å². The Labute approximate surface area is 217 Å². The summed E-state index contributed by atoms with van der Waals surface area (Å²) in [5.74, 6) is -0.827. The van der Waals surface area contributed by atoms with Crippen LogP contribution in [-0.2, 0) is 27.2 Å². The Morgan fingerprint density at radius 3 is 2.46 bits per heavy atom. The minimum atomic E-state index is -1.12. The van der Waals surface area contributed by atoms with Crippen LogP contribution >= 0.6 is 0 Å². The number of allylic oxidation sites excluding steroid dienone is 1. The largest absolute Gasteiger partial charge is 0.343 e. The molecule has 1 aromatic heterocycles. The maximum atomic E-state index is 13.3. The van der Waals surface area contributed by atoms with Crippen molar-refractivity contribution in [3.8, 4) is 0 Å². The predicted octanol–water partition coefficient (Wildman–Crippen LogP) is 0.561. The average molecular weight is 508 g/mol. The molecule has 0 aliphatic heterocycles. The molecule has 0 saturated carbocycles. The van der Waals surface area contributed by atoms with Crippen molar-refractivity contribution >= 4 is 29.6 Å². The molecule has 0 spiro atoms. The topological polar surface area (TPSA) is 169 Å². The minimum Gasteiger partial charge on any atom is -0.343 e. The zero-order chi connectivity index (χ0) is 26.6. The van der Waals surface area contributed by atoms with Crippen molar-refractivity contribution in [3.05, 3.63) is 65.4 Å². The van der Waals surface area contributed by atoms with Crippen LogP contribution in [0.2, 0.25) is 0 Å². The van der Waals surface area contributed by atoms with Crippen LogP contribution in [0.25, 0.3) is 6.08 Å². The van der Waals surface area contributed by atoms with Crippen molar-refractivity contribution in [1.82, 2.24) is 15.2 Å². The molecular formula is C27H37N7O3. The molecule has 2 unspecified atom stereocenters. The summed E-state index contributed by atoms with van der Waals surface area (Å²) in [6, 6.07) is 9.64. The summed E-state index contributed by atoms with van der Waals surface area (Å²) in [6.07, 6.45) is 8.18. The third-order valence-corrected chi connectivity index (χ3v) is 6.27. The second-order valence-corrected chi connectivity index (χ2v) is 9.02. The molecule has 37 heavy (non-hydrogen) atoms. The summed E-state index contributed by atoms with van der Waals surface area (Å²) in [7, 11) is 0. The fraction of sp³-hybridized carbons (Fsp3) is 0.407. The summed E-state index contributed by atoms with van der Waals surface area (Å²) in [5, 5.41) is 5.64. The molecule has 1 aliphatic rings. The fourth-order valence-corrected chi connectivity index (χ4v) is 4.25. The third kappa shape index (κ3) is 8.21. The number of aromatic nitrogens is 1. The lowest BCUT2D eigenvalue weighted by Gasteiger charge is -2.24. The van der Waals surface area contributed by atoms with Crippen LogP contribution in [0.15, 0.2) is 48.7 Å². The first-order valence-electron chi connectivity index (χ1n) is 12.7. The number of benzene rings is 1. The number of aryl methyl sites for hydroxylation is 2. The van der Waals surface area contributed by atoms with Crippen molar-refractivity contribution in [2.45, 2.75) is 44.2 Å². The first-order valence-corrected chi connectivity index (χ1v) is 12.7. The van der Waals surface area contributed by atoms with Crippen molar-refractivity contribution in [3.63, 3.8) is 0 Å². The van der Waals surface area contributed by atoms with E-state index in [1.54, 1.807) is 6.20 Å². The summed E-state index contributed by atoms with van der Waals surface area (Å²) < 4.78 is 0. The van der Waals surface area contributed by atoms with E-state index >= 15 is 0 Å². The molecule has 3 rings (SSSR count). The lowest BCUT2D eigenvalue weighted by molar-refractivity contribution is -0.134. The van der Waals surface area contributed by atoms with Gasteiger partial charge in [0.05, 0.1) is 12.5 Å². The van der Waals surface area contributed by atoms with Gasteiger partial charge in [0.2, 0.25) is 17.7 Å². The summed E-state index contributed by atoms with van der Waals surface area (Å²) in [5.41, 5.74) is 20.2. The molecule has 1 aliphatic carbocycles. The van der Waals surface area contributed by atoms with E-state index in [2.05, 4.69) is 15.6 Å². The van der Waals surface area contributed by atoms with Gasteiger partial charge < -0.3 is 32.7 Å². The van der Waals surface area contributed by atoms with E-state index < -0.39 is 23.9 Å². The normalized spacial score (nSPS) is 13.8. The molecule has 10 nitrogen and oxygen atoms in total. The Kier molecular flexibility index (Phi) is 10.8. The maximum Gasteiger partial charge on any atom is 0.248 e. The van der Waals surface area contributed by atoms with E-state index in [9.17, 15) is 14.4 Å². The molecule has 3 amide bonds. The standard InChI is InChI=1S/C27H37N7O3/c28-13-16-34(17-14-29)24(35)18-22(30)26(36)32-23(11-10-19-6-2-1-3-7-19)27(37)33-25-21-9-5-4-8-20(21)12-15-31-25/h1-3,5-7,9,12,15,22-23H,4,8,10-11,13-14,16-18,28-30H2,(H,32,36)(H,31,33,37). The number of rotatable bonds is 13. The van der Waals surface area contributed by atoms with Crippen LogP contribution < -0.4 is 27.8 Å². The van der Waals surface area contributed by atoms with Gasteiger partial charge in [-0.1, -0.05) is 42.5 Å². The number of carbonyl (C=O) groups excluding carboxylic acids is 3. The molecule has 2 atom stereocenters. The van der Waals surface area contributed by atoms with Crippen molar-refractivity contribution in [1.29, 1.82) is 0 Å². The molecule has 10 heteroatoms. The lowest BCUT2D eigenvalue weighted by atomic mass is 9.98. The summed E-state index contributed by atoms with van der Waals surface area (Å²) >= 11 is 0. The number of nitrogens with zero attached hydrogens (tertiary/aromatic N) is 2. The van der Waals surface area contributed by atoms with Gasteiger partial charge in [-0.2, -0.15) is 0 Å². The zero-order valence-corrected chi connectivity index (χ0v) is 21.1. The molecule has 2 aromatic rings. The van der Waals surface area contributed by atoms with Crippen LogP contribution in [0.4, 0.5) is 5.82 Å². The summed E-state index contributed by atoms with van der Waals surface area (Å²) in [6.45, 7) is 1.22. The Hall–Kier alpha value is -3.60. The van der Waals surface area contributed by atoms with E-state index in [0.717, 1.165) is 29.5 Å². The molecule has 1 heterocycles. The molecule has 0 radical (unpaired) electrons. The number of nitrogens with one attached hydrogen (secondary N) is 2. The van der Waals surface area contributed by atoms with Crippen molar-refractivity contribution < 1.29 is 14.4 Å². The molecule has 198 valence electrons. The minimum absolute atomic E-state index is 0.211. The highest BCUT2D eigenvalue weighted by Crippen LogP contribution is 2.24. The smallest absolute Gasteiger partial charge is 0.248 e. The highest BCUT2D eigenvalue weighted by Gasteiger charge is 2.27. The van der Waals surface area contributed by atoms with Crippen molar-refractivity contribution in [2.75, 3.05) is 31.5 Å². The van der Waals surface area contributed by atoms with Gasteiger partial charge in [0.25, 0.3) is 0 Å². The number of anilines is 1. The van der Waals surface area contributed by atoms with Crippen LogP contribution in [-0.4, -0.2) is 65.9 Å². The average Bonchev–Trinajstić information content (AvgIpc) is 2.91. The van der Waals surface area contributed by atoms with Gasteiger partial charge >= 0.3 is 0 Å². The van der Waals surface area contributed by atoms with Crippen LogP contribution in [0.1, 0.15) is 36.0 Å². The van der Waals surface area contributed by atoms with E-state index in [-0.39, 0.29) is 25.4 Å². The number of amides is 3. The van der Waals surface area contributed by atoms with Crippen LogP contribution in [0.5, 0.6) is 0 Å². The van der Waals surface area contributed by atoms with Gasteiger partial charge in [-0.3, -0.25) is 14.4 Å². The molecule has 0 bridgehead atoms. The van der Waals surface area contributed by atoms with E-state index in [1.165, 1.54) is 4.90 Å². The number of nitrogens with two attached hydrogens (primary N) is 3. The van der Waals surface area contributed by atoms with Crippen LogP contribution in [0, 0.1) is 0 Å². The quantitative estimate of drug-likeness (QED) is 0.264. The summed E-state index contributed by atoms with van der Waals surface area (Å²) in [4.78, 5) is 44.8. The highest BCUT2D eigenvalue weighted by atomic mass is 16.2. The van der Waals surface area contributed by atoms with Gasteiger partial charge in [-0.15, -0.1) is 0 Å². The zero-order valence-electron chi connectivity index (χ0n) is 21.1. The fourth-order valence-electron chi connectivity index (χ4n) is 4.25. The molecule has 0 saturated heterocycles. The Morgan fingerprint density at radius 2 is 1.76 bits per heavy atom. The van der Waals surface area contributed by atoms with E-state index in [4.69, 9.17) is 17.2 Å².